The summed E-state index contributed by atoms with van der Waals surface area (Å²) in [6, 6.07) is 45.2. The summed E-state index contributed by atoms with van der Waals surface area (Å²) in [5.41, 5.74) is 13.4. The Balaban J connectivity index is 1.57. The van der Waals surface area contributed by atoms with E-state index in [1.807, 2.05) is 0 Å². The molecule has 0 fully saturated rings. The van der Waals surface area contributed by atoms with Gasteiger partial charge in [-0.25, -0.2) is 0 Å². The van der Waals surface area contributed by atoms with Crippen LogP contribution in [0.25, 0.3) is 71.0 Å². The standard InChI is InChI=1S/C38H24N2/c1-39-31-20-10-16-26-28-18-9-17-27-23-13-7-8-19-30(23)40(37(27)28)32-21-29-33(22-11-3-2-4-12-22)24-14-5-6-15-25(24)34(29)38(39)36(32)35(26)31/h2-21,33H,1H3. The number of hydrogen-bond donors (Lipinski definition) is 0. The molecule has 3 aromatic heterocycles. The molecule has 2 nitrogen and oxygen atoms in total. The summed E-state index contributed by atoms with van der Waals surface area (Å²) in [7, 11) is 2.26. The monoisotopic (exact) mass is 508 g/mol. The van der Waals surface area contributed by atoms with Gasteiger partial charge in [0.25, 0.3) is 0 Å². The van der Waals surface area contributed by atoms with E-state index in [0.717, 1.165) is 0 Å². The molecular weight excluding hydrogens is 484 g/mol. The van der Waals surface area contributed by atoms with Gasteiger partial charge in [0, 0.05) is 51.0 Å². The average molecular weight is 509 g/mol. The largest absolute Gasteiger partial charge is 0.343 e. The van der Waals surface area contributed by atoms with Crippen molar-refractivity contribution in [2.24, 2.45) is 7.05 Å². The van der Waals surface area contributed by atoms with Crippen LogP contribution in [-0.2, 0) is 7.05 Å². The third-order valence-electron chi connectivity index (χ3n) is 9.51. The molecule has 0 amide bonds. The van der Waals surface area contributed by atoms with Crippen LogP contribution in [0, 0.1) is 0 Å². The summed E-state index contributed by atoms with van der Waals surface area (Å²) in [5.74, 6) is 0.196. The predicted molar refractivity (Wildman–Crippen MR) is 168 cm³/mol. The second-order valence-electron chi connectivity index (χ2n) is 11.3. The van der Waals surface area contributed by atoms with Gasteiger partial charge in [0.1, 0.15) is 0 Å². The van der Waals surface area contributed by atoms with E-state index < -0.39 is 0 Å². The van der Waals surface area contributed by atoms with E-state index in [1.54, 1.807) is 0 Å². The first-order valence-corrected chi connectivity index (χ1v) is 14.1. The lowest BCUT2D eigenvalue weighted by molar-refractivity contribution is 1.00. The molecule has 0 spiro atoms. The first-order chi connectivity index (χ1) is 19.8. The highest BCUT2D eigenvalue weighted by Crippen LogP contribution is 2.54. The van der Waals surface area contributed by atoms with E-state index in [2.05, 4.69) is 137 Å². The van der Waals surface area contributed by atoms with Crippen molar-refractivity contribution < 1.29 is 0 Å². The van der Waals surface area contributed by atoms with E-state index in [0.29, 0.717) is 0 Å². The molecular formula is C38H24N2. The van der Waals surface area contributed by atoms with Crippen molar-refractivity contribution in [1.82, 2.24) is 8.97 Å². The maximum atomic E-state index is 2.56. The second kappa shape index (κ2) is 7.11. The third-order valence-corrected chi connectivity index (χ3v) is 9.51. The summed E-state index contributed by atoms with van der Waals surface area (Å²) in [6.07, 6.45) is 0. The number of nitrogens with zero attached hydrogens (tertiary/aromatic N) is 2. The maximum absolute atomic E-state index is 2.56. The highest BCUT2D eigenvalue weighted by Gasteiger charge is 2.34. The zero-order chi connectivity index (χ0) is 26.1. The van der Waals surface area contributed by atoms with Crippen LogP contribution in [-0.4, -0.2) is 8.97 Å². The maximum Gasteiger partial charge on any atom is 0.0619 e. The van der Waals surface area contributed by atoms with Gasteiger partial charge in [-0.15, -0.1) is 0 Å². The van der Waals surface area contributed by atoms with Gasteiger partial charge in [0.05, 0.1) is 22.1 Å². The Bertz CT molecular complexity index is 2490. The van der Waals surface area contributed by atoms with Crippen molar-refractivity contribution in [3.05, 3.63) is 138 Å². The van der Waals surface area contributed by atoms with Crippen molar-refractivity contribution in [3.8, 4) is 11.1 Å². The molecule has 186 valence electrons. The van der Waals surface area contributed by atoms with E-state index in [4.69, 9.17) is 0 Å². The van der Waals surface area contributed by atoms with Crippen molar-refractivity contribution >= 4 is 59.9 Å². The minimum absolute atomic E-state index is 0.196. The van der Waals surface area contributed by atoms with Gasteiger partial charge in [-0.2, -0.15) is 0 Å². The lowest BCUT2D eigenvalue weighted by atomic mass is 9.89. The lowest BCUT2D eigenvalue weighted by Crippen LogP contribution is -2.00. The zero-order valence-corrected chi connectivity index (χ0v) is 22.0. The number of fused-ring (bicyclic) bond motifs is 9. The minimum Gasteiger partial charge on any atom is -0.343 e. The minimum atomic E-state index is 0.196. The normalized spacial score (nSPS) is 14.9. The highest BCUT2D eigenvalue weighted by molar-refractivity contribution is 6.32. The topological polar surface area (TPSA) is 9.34 Å². The summed E-state index contributed by atoms with van der Waals surface area (Å²) in [6.45, 7) is 0. The summed E-state index contributed by atoms with van der Waals surface area (Å²) >= 11 is 0. The molecule has 0 bridgehead atoms. The molecule has 0 aliphatic heterocycles. The Labute approximate surface area is 230 Å². The molecule has 1 atom stereocenters. The first kappa shape index (κ1) is 20.8. The van der Waals surface area contributed by atoms with E-state index in [9.17, 15) is 0 Å². The Morgan fingerprint density at radius 2 is 1.18 bits per heavy atom. The summed E-state index contributed by atoms with van der Waals surface area (Å²) in [5, 5.41) is 7.97. The van der Waals surface area contributed by atoms with E-state index in [1.165, 1.54) is 87.7 Å². The Morgan fingerprint density at radius 1 is 0.500 bits per heavy atom. The summed E-state index contributed by atoms with van der Waals surface area (Å²) < 4.78 is 5.02. The number of benzene rings is 6. The predicted octanol–water partition coefficient (Wildman–Crippen LogP) is 9.64. The quantitative estimate of drug-likeness (QED) is 0.209. The molecule has 0 radical (unpaired) electrons. The molecule has 6 aromatic carbocycles. The molecule has 2 heteroatoms. The Hall–Kier alpha value is -5.08. The molecule has 0 saturated carbocycles. The van der Waals surface area contributed by atoms with Crippen molar-refractivity contribution in [1.29, 1.82) is 0 Å². The van der Waals surface area contributed by atoms with E-state index in [-0.39, 0.29) is 5.92 Å². The molecule has 1 aliphatic rings. The van der Waals surface area contributed by atoms with Crippen LogP contribution in [0.1, 0.15) is 22.6 Å². The van der Waals surface area contributed by atoms with Crippen LogP contribution >= 0.6 is 0 Å². The molecule has 0 N–H and O–H groups in total. The fourth-order valence-corrected chi connectivity index (χ4v) is 8.01. The van der Waals surface area contributed by atoms with Crippen LogP contribution in [0.4, 0.5) is 0 Å². The van der Waals surface area contributed by atoms with Crippen molar-refractivity contribution in [2.45, 2.75) is 5.92 Å². The molecule has 1 unspecified atom stereocenters. The second-order valence-corrected chi connectivity index (χ2v) is 11.3. The lowest BCUT2D eigenvalue weighted by Gasteiger charge is -2.15. The van der Waals surface area contributed by atoms with Gasteiger partial charge in [0.2, 0.25) is 0 Å². The number of aromatic nitrogens is 2. The van der Waals surface area contributed by atoms with Crippen LogP contribution in [0.2, 0.25) is 0 Å². The Morgan fingerprint density at radius 3 is 2.08 bits per heavy atom. The molecule has 0 saturated heterocycles. The Kier molecular flexibility index (Phi) is 3.70. The van der Waals surface area contributed by atoms with E-state index >= 15 is 0 Å². The van der Waals surface area contributed by atoms with Crippen molar-refractivity contribution in [2.75, 3.05) is 0 Å². The third kappa shape index (κ3) is 2.29. The number of hydrogen-bond acceptors (Lipinski definition) is 0. The molecule has 3 heterocycles. The van der Waals surface area contributed by atoms with Gasteiger partial charge < -0.3 is 8.97 Å². The molecule has 10 rings (SSSR count). The first-order valence-electron chi connectivity index (χ1n) is 14.1. The fourth-order valence-electron chi connectivity index (χ4n) is 8.01. The number of rotatable bonds is 1. The van der Waals surface area contributed by atoms with Crippen LogP contribution in [0.15, 0.2) is 121 Å². The average Bonchev–Trinajstić information content (AvgIpc) is 3.60. The molecule has 40 heavy (non-hydrogen) atoms. The zero-order valence-electron chi connectivity index (χ0n) is 22.0. The fraction of sp³-hybridized carbons (Fsp3) is 0.0526. The molecule has 9 aromatic rings. The van der Waals surface area contributed by atoms with Gasteiger partial charge in [0.15, 0.2) is 0 Å². The SMILES string of the molecule is Cn1c2cccc3c4cccc5c6ccccc6n(c6cc7c(c1c6c32)-c1ccccc1C7c1ccccc1)c45. The van der Waals surface area contributed by atoms with Gasteiger partial charge in [-0.3, -0.25) is 0 Å². The van der Waals surface area contributed by atoms with Crippen LogP contribution < -0.4 is 0 Å². The van der Waals surface area contributed by atoms with Crippen LogP contribution in [0.5, 0.6) is 0 Å². The molecule has 1 aliphatic carbocycles. The number of para-hydroxylation sites is 2. The highest BCUT2D eigenvalue weighted by atomic mass is 15.0. The van der Waals surface area contributed by atoms with Gasteiger partial charge in [-0.05, 0) is 45.8 Å². The van der Waals surface area contributed by atoms with Gasteiger partial charge in [-0.1, -0.05) is 103 Å². The van der Waals surface area contributed by atoms with Crippen molar-refractivity contribution in [3.63, 3.8) is 0 Å². The number of aryl methyl sites for hydroxylation is 1. The smallest absolute Gasteiger partial charge is 0.0619 e. The van der Waals surface area contributed by atoms with Crippen LogP contribution in [0.3, 0.4) is 0 Å². The van der Waals surface area contributed by atoms with Gasteiger partial charge >= 0.3 is 0 Å². The summed E-state index contributed by atoms with van der Waals surface area (Å²) in [4.78, 5) is 0.